The molecule has 7 heteroatoms. The number of para-hydroxylation sites is 1. The number of fused-ring (bicyclic) bond motifs is 1. The lowest BCUT2D eigenvalue weighted by molar-refractivity contribution is 0.0696. The Hall–Kier alpha value is -3.61. The van der Waals surface area contributed by atoms with E-state index in [2.05, 4.69) is 12.2 Å². The van der Waals surface area contributed by atoms with Gasteiger partial charge in [0.05, 0.1) is 16.6 Å². The summed E-state index contributed by atoms with van der Waals surface area (Å²) in [5.74, 6) is -1.55. The number of rotatable bonds is 5. The number of carboxylic acid groups (broad SMARTS) is 1. The van der Waals surface area contributed by atoms with Crippen molar-refractivity contribution < 1.29 is 19.5 Å². The minimum atomic E-state index is -0.887. The Morgan fingerprint density at radius 3 is 2.25 bits per heavy atom. The topological polar surface area (TPSA) is 114 Å². The number of nitrogens with two attached hydrogens (primary N) is 1. The number of nitrogens with one attached hydrogen (secondary N) is 1. The number of nitrogens with zero attached hydrogens (tertiary/aromatic N) is 1. The van der Waals surface area contributed by atoms with Gasteiger partial charge in [0.15, 0.2) is 0 Å². The molecule has 0 radical (unpaired) electrons. The molecule has 146 valence electrons. The Kier molecular flexibility index (Phi) is 6.92. The van der Waals surface area contributed by atoms with E-state index in [4.69, 9.17) is 10.8 Å². The summed E-state index contributed by atoms with van der Waals surface area (Å²) in [4.78, 5) is 33.0. The van der Waals surface area contributed by atoms with E-state index in [1.165, 1.54) is 17.7 Å². The largest absolute Gasteiger partial charge is 0.478 e. The summed E-state index contributed by atoms with van der Waals surface area (Å²) in [5, 5.41) is 12.5. The molecule has 0 spiro atoms. The van der Waals surface area contributed by atoms with E-state index in [9.17, 15) is 14.4 Å². The third-order valence-electron chi connectivity index (χ3n) is 4.03. The van der Waals surface area contributed by atoms with Gasteiger partial charge in [0.25, 0.3) is 5.91 Å². The number of amides is 1. The number of aromatic carboxylic acids is 1. The fourth-order valence-electron chi connectivity index (χ4n) is 2.64. The molecule has 0 saturated carbocycles. The molecule has 2 aromatic carbocycles. The van der Waals surface area contributed by atoms with Crippen molar-refractivity contribution in [2.45, 2.75) is 20.3 Å². The van der Waals surface area contributed by atoms with Gasteiger partial charge >= 0.3 is 5.97 Å². The van der Waals surface area contributed by atoms with E-state index >= 15 is 0 Å². The number of hydrogen-bond acceptors (Lipinski definition) is 4. The Morgan fingerprint density at radius 1 is 1.07 bits per heavy atom. The molecule has 1 amide bonds. The molecule has 0 fully saturated rings. The molecule has 4 N–H and O–H groups in total. The van der Waals surface area contributed by atoms with Crippen molar-refractivity contribution in [3.63, 3.8) is 0 Å². The van der Waals surface area contributed by atoms with Gasteiger partial charge < -0.3 is 16.2 Å². The Balaban J connectivity index is 0.000000203. The molecule has 0 aliphatic carbocycles. The molecule has 7 nitrogen and oxygen atoms in total. The summed E-state index contributed by atoms with van der Waals surface area (Å²) in [6.45, 7) is 4.43. The Labute approximate surface area is 162 Å². The van der Waals surface area contributed by atoms with Crippen molar-refractivity contribution >= 4 is 34.4 Å². The first-order chi connectivity index (χ1) is 13.3. The Bertz CT molecular complexity index is 943. The second-order valence-corrected chi connectivity index (χ2v) is 6.12. The maximum absolute atomic E-state index is 11.3. The van der Waals surface area contributed by atoms with Gasteiger partial charge in [-0.2, -0.15) is 0 Å². The lowest BCUT2D eigenvalue weighted by Gasteiger charge is -2.03. The summed E-state index contributed by atoms with van der Waals surface area (Å²) in [6, 6.07) is 13.9. The summed E-state index contributed by atoms with van der Waals surface area (Å²) >= 11 is 0. The highest BCUT2D eigenvalue weighted by Gasteiger charge is 2.13. The van der Waals surface area contributed by atoms with Gasteiger partial charge in [-0.05, 0) is 36.8 Å². The van der Waals surface area contributed by atoms with E-state index < -0.39 is 11.9 Å². The monoisotopic (exact) mass is 381 g/mol. The molecule has 0 atom stereocenters. The van der Waals surface area contributed by atoms with E-state index in [1.54, 1.807) is 42.5 Å². The van der Waals surface area contributed by atoms with E-state index in [1.807, 2.05) is 6.07 Å². The van der Waals surface area contributed by atoms with Gasteiger partial charge in [-0.25, -0.2) is 4.79 Å². The van der Waals surface area contributed by atoms with E-state index in [0.717, 1.165) is 18.7 Å². The van der Waals surface area contributed by atoms with Crippen LogP contribution in [0.1, 0.15) is 45.8 Å². The van der Waals surface area contributed by atoms with E-state index in [-0.39, 0.29) is 5.91 Å². The normalized spacial score (nSPS) is 10.1. The number of carbonyl (C=O) groups excluding carboxylic acids is 2. The van der Waals surface area contributed by atoms with Crippen molar-refractivity contribution in [1.29, 1.82) is 0 Å². The van der Waals surface area contributed by atoms with Crippen molar-refractivity contribution in [2.75, 3.05) is 11.9 Å². The van der Waals surface area contributed by atoms with Crippen LogP contribution >= 0.6 is 0 Å². The van der Waals surface area contributed by atoms with Crippen LogP contribution < -0.4 is 11.1 Å². The minimum Gasteiger partial charge on any atom is -0.478 e. The van der Waals surface area contributed by atoms with Crippen molar-refractivity contribution in [1.82, 2.24) is 4.57 Å². The van der Waals surface area contributed by atoms with Gasteiger partial charge in [-0.15, -0.1) is 0 Å². The molecular weight excluding hydrogens is 358 g/mol. The molecule has 0 unspecified atom stereocenters. The summed E-state index contributed by atoms with van der Waals surface area (Å²) in [5.41, 5.74) is 7.60. The summed E-state index contributed by atoms with van der Waals surface area (Å²) in [6.07, 6.45) is 2.54. The van der Waals surface area contributed by atoms with Crippen LogP contribution in [-0.4, -0.2) is 34.0 Å². The third kappa shape index (κ3) is 4.97. The highest BCUT2D eigenvalue weighted by Crippen LogP contribution is 2.20. The van der Waals surface area contributed by atoms with Crippen LogP contribution in [0.25, 0.3) is 10.9 Å². The fraction of sp³-hybridized carbons (Fsp3) is 0.190. The zero-order valence-electron chi connectivity index (χ0n) is 15.8. The van der Waals surface area contributed by atoms with Crippen LogP contribution in [0.3, 0.4) is 0 Å². The van der Waals surface area contributed by atoms with Crippen LogP contribution in [0, 0.1) is 0 Å². The van der Waals surface area contributed by atoms with Crippen molar-refractivity contribution in [3.8, 4) is 0 Å². The average molecular weight is 381 g/mol. The highest BCUT2D eigenvalue weighted by molar-refractivity contribution is 6.08. The first-order valence-electron chi connectivity index (χ1n) is 8.83. The quantitative estimate of drug-likeness (QED) is 0.625. The summed E-state index contributed by atoms with van der Waals surface area (Å²) in [7, 11) is 0. The fourth-order valence-corrected chi connectivity index (χ4v) is 2.64. The van der Waals surface area contributed by atoms with Crippen LogP contribution in [-0.2, 0) is 0 Å². The number of carbonyl (C=O) groups is 3. The predicted octanol–water partition coefficient (Wildman–Crippen LogP) is 3.61. The second kappa shape index (κ2) is 9.36. The maximum atomic E-state index is 11.3. The third-order valence-corrected chi connectivity index (χ3v) is 4.03. The zero-order chi connectivity index (χ0) is 20.7. The molecule has 0 saturated heterocycles. The molecular formula is C21H23N3O4. The molecule has 3 rings (SSSR count). The number of hydrogen-bond donors (Lipinski definition) is 3. The maximum Gasteiger partial charge on any atom is 0.335 e. The predicted molar refractivity (Wildman–Crippen MR) is 109 cm³/mol. The van der Waals surface area contributed by atoms with Gasteiger partial charge in [-0.1, -0.05) is 25.1 Å². The number of anilines is 1. The van der Waals surface area contributed by atoms with Gasteiger partial charge in [0, 0.05) is 30.7 Å². The lowest BCUT2D eigenvalue weighted by atomic mass is 10.2. The standard InChI is InChI=1S/C11H10N2O2.C10H13NO2/c1-7(14)13-6-9(11(12)15)8-4-2-3-5-10(8)13;1-2-7-11-9-5-3-8(4-6-9)10(12)13/h2-6H,1H3,(H2,12,15);3-6,11H,2,7H2,1H3,(H,12,13). The lowest BCUT2D eigenvalue weighted by Crippen LogP contribution is -2.10. The first-order valence-corrected chi connectivity index (χ1v) is 8.83. The van der Waals surface area contributed by atoms with Crippen molar-refractivity contribution in [2.24, 2.45) is 5.73 Å². The Morgan fingerprint density at radius 2 is 1.71 bits per heavy atom. The number of benzene rings is 2. The van der Waals surface area contributed by atoms with Gasteiger partial charge in [-0.3, -0.25) is 14.2 Å². The second-order valence-electron chi connectivity index (χ2n) is 6.12. The van der Waals surface area contributed by atoms with Crippen LogP contribution in [0.4, 0.5) is 5.69 Å². The van der Waals surface area contributed by atoms with Gasteiger partial charge in [0.2, 0.25) is 5.91 Å². The number of aromatic nitrogens is 1. The van der Waals surface area contributed by atoms with Crippen LogP contribution in [0.15, 0.2) is 54.7 Å². The van der Waals surface area contributed by atoms with Crippen LogP contribution in [0.5, 0.6) is 0 Å². The molecule has 0 bridgehead atoms. The van der Waals surface area contributed by atoms with E-state index in [0.29, 0.717) is 22.0 Å². The molecule has 28 heavy (non-hydrogen) atoms. The molecule has 1 aromatic heterocycles. The van der Waals surface area contributed by atoms with Crippen molar-refractivity contribution in [3.05, 3.63) is 65.9 Å². The van der Waals surface area contributed by atoms with Crippen LogP contribution in [0.2, 0.25) is 0 Å². The minimum absolute atomic E-state index is 0.140. The average Bonchev–Trinajstić information content (AvgIpc) is 3.07. The SMILES string of the molecule is CC(=O)n1cc(C(N)=O)c2ccccc21.CCCNc1ccc(C(=O)O)cc1. The molecule has 3 aromatic rings. The number of carboxylic acids is 1. The van der Waals surface area contributed by atoms with Gasteiger partial charge in [0.1, 0.15) is 0 Å². The summed E-state index contributed by atoms with van der Waals surface area (Å²) < 4.78 is 1.43. The number of primary amides is 1. The smallest absolute Gasteiger partial charge is 0.335 e. The molecule has 1 heterocycles. The zero-order valence-corrected chi connectivity index (χ0v) is 15.8. The molecule has 0 aliphatic heterocycles. The molecule has 0 aliphatic rings. The first kappa shape index (κ1) is 20.7. The highest BCUT2D eigenvalue weighted by atomic mass is 16.4.